The summed E-state index contributed by atoms with van der Waals surface area (Å²) in [5, 5.41) is 0.575. The number of rotatable bonds is 3. The number of hydrogen-bond donors (Lipinski definition) is 3. The maximum Gasteiger partial charge on any atom is 0.128 e. The molecule has 2 unspecified atom stereocenters. The maximum atomic E-state index is 5.99. The molecule has 18 heavy (non-hydrogen) atoms. The molecule has 1 aliphatic heterocycles. The average Bonchev–Trinajstić information content (AvgIpc) is 2.36. The van der Waals surface area contributed by atoms with E-state index < -0.39 is 0 Å². The van der Waals surface area contributed by atoms with Crippen molar-refractivity contribution in [1.82, 2.24) is 15.3 Å². The molecule has 1 aromatic heterocycles. The number of anilines is 1. The molecule has 1 saturated heterocycles. The lowest BCUT2D eigenvalue weighted by atomic mass is 10.0. The average molecular weight is 288 g/mol. The first kappa shape index (κ1) is 13.9. The molecule has 100 valence electrons. The summed E-state index contributed by atoms with van der Waals surface area (Å²) in [4.78, 5) is 6.39. The minimum Gasteiger partial charge on any atom is -0.383 e. The molecule has 0 aliphatic carbocycles. The van der Waals surface area contributed by atoms with Crippen molar-refractivity contribution in [1.29, 1.82) is 0 Å². The highest BCUT2D eigenvalue weighted by Crippen LogP contribution is 2.30. The lowest BCUT2D eigenvalue weighted by Gasteiger charge is -2.37. The fraction of sp³-hybridized carbons (Fsp3) is 0.545. The Kier molecular flexibility index (Phi) is 4.69. The predicted octanol–water partition coefficient (Wildman–Crippen LogP) is 0.869. The lowest BCUT2D eigenvalue weighted by Crippen LogP contribution is -2.49. The molecule has 2 heterocycles. The van der Waals surface area contributed by atoms with Gasteiger partial charge in [0.25, 0.3) is 0 Å². The van der Waals surface area contributed by atoms with Crippen molar-refractivity contribution in [2.24, 2.45) is 5.84 Å². The molecule has 0 radical (unpaired) electrons. The van der Waals surface area contributed by atoms with Crippen molar-refractivity contribution >= 4 is 29.2 Å². The molecule has 1 aliphatic rings. The third-order valence-corrected chi connectivity index (χ3v) is 4.51. The fourth-order valence-corrected chi connectivity index (χ4v) is 3.62. The van der Waals surface area contributed by atoms with Crippen LogP contribution in [0.1, 0.15) is 11.6 Å². The summed E-state index contributed by atoms with van der Waals surface area (Å²) in [6.07, 6.45) is 1.55. The second kappa shape index (κ2) is 6.08. The number of nitrogens with zero attached hydrogens (tertiary/aromatic N) is 2. The first-order valence-electron chi connectivity index (χ1n) is 5.78. The van der Waals surface area contributed by atoms with Gasteiger partial charge in [-0.3, -0.25) is 16.2 Å². The zero-order valence-electron chi connectivity index (χ0n) is 10.3. The summed E-state index contributed by atoms with van der Waals surface area (Å²) in [6, 6.07) is 2.06. The number of aromatic nitrogens is 1. The van der Waals surface area contributed by atoms with E-state index in [0.717, 1.165) is 23.6 Å². The van der Waals surface area contributed by atoms with E-state index in [1.165, 1.54) is 0 Å². The van der Waals surface area contributed by atoms with E-state index in [4.69, 9.17) is 23.2 Å². The van der Waals surface area contributed by atoms with Gasteiger partial charge < -0.3 is 5.73 Å². The van der Waals surface area contributed by atoms with Crippen LogP contribution in [-0.2, 0) is 0 Å². The molecule has 7 heteroatoms. The predicted molar refractivity (Wildman–Crippen MR) is 77.5 cm³/mol. The number of nitrogens with two attached hydrogens (primary N) is 2. The number of nitrogens with one attached hydrogen (secondary N) is 1. The molecule has 2 atom stereocenters. The van der Waals surface area contributed by atoms with Gasteiger partial charge >= 0.3 is 0 Å². The van der Waals surface area contributed by atoms with Crippen LogP contribution < -0.4 is 17.0 Å². The molecule has 0 bridgehead atoms. The number of hydrogen-bond acceptors (Lipinski definition) is 6. The van der Waals surface area contributed by atoms with Crippen molar-refractivity contribution in [2.45, 2.75) is 12.1 Å². The van der Waals surface area contributed by atoms with Gasteiger partial charge in [0.15, 0.2) is 0 Å². The van der Waals surface area contributed by atoms with Crippen molar-refractivity contribution in [2.75, 3.05) is 30.8 Å². The van der Waals surface area contributed by atoms with Gasteiger partial charge in [-0.15, -0.1) is 0 Å². The summed E-state index contributed by atoms with van der Waals surface area (Å²) < 4.78 is 0. The number of hydrazine groups is 1. The summed E-state index contributed by atoms with van der Waals surface area (Å²) in [7, 11) is 2.10. The van der Waals surface area contributed by atoms with Crippen LogP contribution in [0, 0.1) is 0 Å². The van der Waals surface area contributed by atoms with Gasteiger partial charge in [0.2, 0.25) is 0 Å². The highest BCUT2D eigenvalue weighted by atomic mass is 35.5. The summed E-state index contributed by atoms with van der Waals surface area (Å²) >= 11 is 7.91. The standard InChI is InChI=1S/C11H18ClN5S/c1-17-2-3-18-6-9(17)10(16-14)8-4-7(12)5-15-11(8)13/h4-5,9-10,16H,2-3,6,14H2,1H3,(H2,13,15). The molecule has 0 spiro atoms. The quantitative estimate of drug-likeness (QED) is 0.565. The van der Waals surface area contributed by atoms with Crippen LogP contribution in [0.4, 0.5) is 5.82 Å². The molecule has 1 fully saturated rings. The van der Waals surface area contributed by atoms with Crippen LogP contribution in [0.3, 0.4) is 0 Å². The molecule has 2 rings (SSSR count). The highest BCUT2D eigenvalue weighted by Gasteiger charge is 2.30. The molecular weight excluding hydrogens is 270 g/mol. The lowest BCUT2D eigenvalue weighted by molar-refractivity contribution is 0.216. The zero-order valence-corrected chi connectivity index (χ0v) is 11.8. The van der Waals surface area contributed by atoms with E-state index in [1.54, 1.807) is 6.20 Å². The normalized spacial score (nSPS) is 22.9. The molecule has 0 aromatic carbocycles. The number of halogens is 1. The zero-order chi connectivity index (χ0) is 13.1. The molecular formula is C11H18ClN5S. The first-order chi connectivity index (χ1) is 8.63. The maximum absolute atomic E-state index is 5.99. The van der Waals surface area contributed by atoms with Crippen LogP contribution in [-0.4, -0.2) is 41.0 Å². The first-order valence-corrected chi connectivity index (χ1v) is 7.31. The number of pyridine rings is 1. The van der Waals surface area contributed by atoms with E-state index >= 15 is 0 Å². The van der Waals surface area contributed by atoms with Gasteiger partial charge in [0, 0.05) is 35.9 Å². The fourth-order valence-electron chi connectivity index (χ4n) is 2.18. The third kappa shape index (κ3) is 2.89. The Labute approximate surface area is 116 Å². The second-order valence-electron chi connectivity index (χ2n) is 4.40. The van der Waals surface area contributed by atoms with Gasteiger partial charge in [-0.25, -0.2) is 4.98 Å². The molecule has 1 aromatic rings. The minimum atomic E-state index is -0.0611. The largest absolute Gasteiger partial charge is 0.383 e. The summed E-state index contributed by atoms with van der Waals surface area (Å²) in [6.45, 7) is 1.04. The Balaban J connectivity index is 2.29. The van der Waals surface area contributed by atoms with Gasteiger partial charge in [-0.05, 0) is 13.1 Å². The summed E-state index contributed by atoms with van der Waals surface area (Å²) in [5.41, 5.74) is 9.65. The SMILES string of the molecule is CN1CCSCC1C(NN)c1cc(Cl)cnc1N. The van der Waals surface area contributed by atoms with Gasteiger partial charge in [-0.2, -0.15) is 11.8 Å². The van der Waals surface area contributed by atoms with Crippen LogP contribution in [0.2, 0.25) is 5.02 Å². The van der Waals surface area contributed by atoms with Crippen LogP contribution in [0.5, 0.6) is 0 Å². The Bertz CT molecular complexity index is 416. The van der Waals surface area contributed by atoms with Crippen LogP contribution >= 0.6 is 23.4 Å². The molecule has 0 amide bonds. The van der Waals surface area contributed by atoms with Gasteiger partial charge in [-0.1, -0.05) is 11.6 Å². The molecule has 5 N–H and O–H groups in total. The van der Waals surface area contributed by atoms with Crippen molar-refractivity contribution in [3.05, 3.63) is 22.8 Å². The topological polar surface area (TPSA) is 80.2 Å². The van der Waals surface area contributed by atoms with Crippen molar-refractivity contribution in [3.63, 3.8) is 0 Å². The Morgan fingerprint density at radius 3 is 3.11 bits per heavy atom. The van der Waals surface area contributed by atoms with E-state index in [9.17, 15) is 0 Å². The third-order valence-electron chi connectivity index (χ3n) is 3.26. The Hall–Kier alpha value is -0.530. The second-order valence-corrected chi connectivity index (χ2v) is 5.98. The van der Waals surface area contributed by atoms with E-state index in [1.807, 2.05) is 17.8 Å². The van der Waals surface area contributed by atoms with Crippen LogP contribution in [0.25, 0.3) is 0 Å². The van der Waals surface area contributed by atoms with E-state index in [0.29, 0.717) is 10.8 Å². The monoisotopic (exact) mass is 287 g/mol. The Morgan fingerprint density at radius 2 is 2.44 bits per heavy atom. The van der Waals surface area contributed by atoms with Crippen LogP contribution in [0.15, 0.2) is 12.3 Å². The number of likely N-dealkylation sites (N-methyl/N-ethyl adjacent to an activating group) is 1. The number of nitrogen functional groups attached to an aromatic ring is 1. The summed E-state index contributed by atoms with van der Waals surface area (Å²) in [5.74, 6) is 8.34. The minimum absolute atomic E-state index is 0.0611. The van der Waals surface area contributed by atoms with Gasteiger partial charge in [0.05, 0.1) is 11.1 Å². The highest BCUT2D eigenvalue weighted by molar-refractivity contribution is 7.99. The molecule has 5 nitrogen and oxygen atoms in total. The van der Waals surface area contributed by atoms with Gasteiger partial charge in [0.1, 0.15) is 5.82 Å². The Morgan fingerprint density at radius 1 is 1.67 bits per heavy atom. The number of thioether (sulfide) groups is 1. The van der Waals surface area contributed by atoms with E-state index in [2.05, 4.69) is 22.4 Å². The van der Waals surface area contributed by atoms with Crippen molar-refractivity contribution in [3.8, 4) is 0 Å². The smallest absolute Gasteiger partial charge is 0.128 e. The van der Waals surface area contributed by atoms with Crippen molar-refractivity contribution < 1.29 is 0 Å². The molecule has 0 saturated carbocycles. The van der Waals surface area contributed by atoms with E-state index in [-0.39, 0.29) is 12.1 Å².